The van der Waals surface area contributed by atoms with Gasteiger partial charge in [0.1, 0.15) is 16.5 Å². The summed E-state index contributed by atoms with van der Waals surface area (Å²) in [5.41, 5.74) is 2.41. The number of aryl methyl sites for hydroxylation is 1. The molecule has 2 heteroatoms. The molecule has 82 valence electrons. The number of furan rings is 1. The van der Waals surface area contributed by atoms with Crippen LogP contribution in [0.5, 0.6) is 0 Å². The molecule has 2 heterocycles. The fraction of sp³-hybridized carbons (Fsp3) is 0.615. The van der Waals surface area contributed by atoms with Gasteiger partial charge in [-0.25, -0.2) is 0 Å². The highest BCUT2D eigenvalue weighted by Crippen LogP contribution is 2.22. The lowest BCUT2D eigenvalue weighted by Gasteiger charge is -2.18. The van der Waals surface area contributed by atoms with Crippen molar-refractivity contribution in [1.29, 1.82) is 0 Å². The van der Waals surface area contributed by atoms with Crippen LogP contribution in [0, 0.1) is 0 Å². The summed E-state index contributed by atoms with van der Waals surface area (Å²) < 4.78 is 5.86. The van der Waals surface area contributed by atoms with Crippen molar-refractivity contribution in [3.8, 4) is 0 Å². The van der Waals surface area contributed by atoms with Gasteiger partial charge in [-0.05, 0) is 17.9 Å². The molecule has 0 saturated carbocycles. The van der Waals surface area contributed by atoms with E-state index in [9.17, 15) is 0 Å². The van der Waals surface area contributed by atoms with Crippen molar-refractivity contribution in [1.82, 2.24) is 0 Å². The molecule has 2 rings (SSSR count). The van der Waals surface area contributed by atoms with Gasteiger partial charge in [0.15, 0.2) is 0 Å². The largest absolute Gasteiger partial charge is 0.459 e. The third-order valence-electron chi connectivity index (χ3n) is 2.78. The maximum atomic E-state index is 5.86. The van der Waals surface area contributed by atoms with E-state index < -0.39 is 0 Å². The standard InChI is InChI=1S/C13H19NO/c1-5-9-11(13(2,3)4)12-10(15-9)7-6-8-14-12/h7H,5-6,8H2,1-4H3. The maximum Gasteiger partial charge on any atom is 0.148 e. The highest BCUT2D eigenvalue weighted by molar-refractivity contribution is 5.31. The summed E-state index contributed by atoms with van der Waals surface area (Å²) >= 11 is 0. The average molecular weight is 205 g/mol. The number of nitrogens with zero attached hydrogens (tertiary/aromatic N) is 1. The second kappa shape index (κ2) is 3.51. The molecule has 0 amide bonds. The van der Waals surface area contributed by atoms with Gasteiger partial charge < -0.3 is 4.42 Å². The predicted octanol–water partition coefficient (Wildman–Crippen LogP) is 1.94. The summed E-state index contributed by atoms with van der Waals surface area (Å²) in [7, 11) is 0. The Morgan fingerprint density at radius 2 is 2.13 bits per heavy atom. The van der Waals surface area contributed by atoms with Crippen LogP contribution in [0.15, 0.2) is 9.41 Å². The summed E-state index contributed by atoms with van der Waals surface area (Å²) in [6.07, 6.45) is 4.12. The number of hydrogen-bond donors (Lipinski definition) is 0. The molecule has 1 aliphatic rings. The van der Waals surface area contributed by atoms with Crippen molar-refractivity contribution in [3.05, 3.63) is 22.1 Å². The van der Waals surface area contributed by atoms with Crippen LogP contribution in [-0.2, 0) is 11.8 Å². The molecule has 15 heavy (non-hydrogen) atoms. The van der Waals surface area contributed by atoms with E-state index in [1.165, 1.54) is 5.56 Å². The topological polar surface area (TPSA) is 25.5 Å². The summed E-state index contributed by atoms with van der Waals surface area (Å²) in [5, 5.41) is 1.10. The molecule has 0 aromatic carbocycles. The van der Waals surface area contributed by atoms with E-state index in [1.54, 1.807) is 0 Å². The van der Waals surface area contributed by atoms with Crippen LogP contribution in [0.1, 0.15) is 45.4 Å². The Labute approximate surface area is 90.7 Å². The van der Waals surface area contributed by atoms with Crippen LogP contribution in [0.3, 0.4) is 0 Å². The highest BCUT2D eigenvalue weighted by atomic mass is 16.3. The second-order valence-corrected chi connectivity index (χ2v) is 5.09. The smallest absolute Gasteiger partial charge is 0.148 e. The summed E-state index contributed by atoms with van der Waals surface area (Å²) in [6.45, 7) is 9.71. The Bertz CT molecular complexity index is 474. The van der Waals surface area contributed by atoms with Crippen molar-refractivity contribution >= 4 is 6.08 Å². The molecule has 0 bridgehead atoms. The van der Waals surface area contributed by atoms with Gasteiger partial charge in [0.05, 0.1) is 0 Å². The van der Waals surface area contributed by atoms with E-state index in [1.807, 2.05) is 0 Å². The minimum atomic E-state index is 0.122. The Kier molecular flexibility index (Phi) is 2.45. The van der Waals surface area contributed by atoms with Crippen LogP contribution in [0.25, 0.3) is 6.08 Å². The van der Waals surface area contributed by atoms with Gasteiger partial charge in [-0.2, -0.15) is 0 Å². The van der Waals surface area contributed by atoms with Crippen LogP contribution in [-0.4, -0.2) is 6.54 Å². The molecule has 1 aliphatic heterocycles. The highest BCUT2D eigenvalue weighted by Gasteiger charge is 2.24. The monoisotopic (exact) mass is 205 g/mol. The Morgan fingerprint density at radius 1 is 1.40 bits per heavy atom. The molecular weight excluding hydrogens is 186 g/mol. The molecule has 0 atom stereocenters. The van der Waals surface area contributed by atoms with E-state index in [4.69, 9.17) is 4.42 Å². The first-order chi connectivity index (χ1) is 7.04. The normalized spacial score (nSPS) is 15.5. The molecular formula is C13H19NO. The van der Waals surface area contributed by atoms with E-state index >= 15 is 0 Å². The Morgan fingerprint density at radius 3 is 2.73 bits per heavy atom. The molecule has 0 aliphatic carbocycles. The second-order valence-electron chi connectivity index (χ2n) is 5.09. The molecule has 1 aromatic rings. The quantitative estimate of drug-likeness (QED) is 0.688. The fourth-order valence-corrected chi connectivity index (χ4v) is 2.18. The third-order valence-corrected chi connectivity index (χ3v) is 2.78. The van der Waals surface area contributed by atoms with Gasteiger partial charge in [-0.3, -0.25) is 4.99 Å². The first kappa shape index (κ1) is 10.5. The minimum Gasteiger partial charge on any atom is -0.459 e. The van der Waals surface area contributed by atoms with Crippen molar-refractivity contribution in [2.45, 2.75) is 46.0 Å². The fourth-order valence-electron chi connectivity index (χ4n) is 2.18. The minimum absolute atomic E-state index is 0.122. The van der Waals surface area contributed by atoms with Crippen LogP contribution in [0.4, 0.5) is 0 Å². The Balaban J connectivity index is 2.77. The van der Waals surface area contributed by atoms with Crippen molar-refractivity contribution in [2.24, 2.45) is 4.99 Å². The van der Waals surface area contributed by atoms with Gasteiger partial charge in [0.2, 0.25) is 0 Å². The van der Waals surface area contributed by atoms with Gasteiger partial charge in [0.25, 0.3) is 0 Å². The molecule has 0 saturated heterocycles. The first-order valence-corrected chi connectivity index (χ1v) is 5.71. The predicted molar refractivity (Wildman–Crippen MR) is 61.5 cm³/mol. The van der Waals surface area contributed by atoms with E-state index in [2.05, 4.69) is 38.8 Å². The molecule has 2 nitrogen and oxygen atoms in total. The van der Waals surface area contributed by atoms with Crippen molar-refractivity contribution < 1.29 is 4.42 Å². The summed E-state index contributed by atoms with van der Waals surface area (Å²) in [5.74, 6) is 1.11. The van der Waals surface area contributed by atoms with Gasteiger partial charge >= 0.3 is 0 Å². The Hall–Kier alpha value is -1.05. The molecule has 0 spiro atoms. The molecule has 0 fully saturated rings. The van der Waals surface area contributed by atoms with Crippen LogP contribution < -0.4 is 10.8 Å². The molecule has 0 N–H and O–H groups in total. The van der Waals surface area contributed by atoms with Crippen LogP contribution in [0.2, 0.25) is 0 Å². The number of rotatable bonds is 1. The van der Waals surface area contributed by atoms with Gasteiger partial charge in [-0.1, -0.05) is 27.7 Å². The van der Waals surface area contributed by atoms with Gasteiger partial charge in [0, 0.05) is 18.5 Å². The number of fused-ring (bicyclic) bond motifs is 1. The molecule has 0 radical (unpaired) electrons. The van der Waals surface area contributed by atoms with E-state index in [0.717, 1.165) is 35.9 Å². The third kappa shape index (κ3) is 1.73. The first-order valence-electron chi connectivity index (χ1n) is 5.71. The number of hydrogen-bond acceptors (Lipinski definition) is 2. The van der Waals surface area contributed by atoms with Gasteiger partial charge in [-0.15, -0.1) is 0 Å². The van der Waals surface area contributed by atoms with E-state index in [0.29, 0.717) is 0 Å². The summed E-state index contributed by atoms with van der Waals surface area (Å²) in [6, 6.07) is 0. The maximum absolute atomic E-state index is 5.86. The lowest BCUT2D eigenvalue weighted by molar-refractivity contribution is 0.467. The summed E-state index contributed by atoms with van der Waals surface area (Å²) in [4.78, 5) is 4.60. The van der Waals surface area contributed by atoms with Crippen molar-refractivity contribution in [2.75, 3.05) is 6.54 Å². The average Bonchev–Trinajstić information content (AvgIpc) is 2.54. The zero-order valence-corrected chi connectivity index (χ0v) is 10.1. The zero-order chi connectivity index (χ0) is 11.1. The molecule has 1 aromatic heterocycles. The molecule has 0 unspecified atom stereocenters. The SMILES string of the molecule is CCc1oc2c(c1C(C)(C)C)=NCCC=2. The zero-order valence-electron chi connectivity index (χ0n) is 10.1. The van der Waals surface area contributed by atoms with Crippen LogP contribution >= 0.6 is 0 Å². The van der Waals surface area contributed by atoms with Crippen molar-refractivity contribution in [3.63, 3.8) is 0 Å². The van der Waals surface area contributed by atoms with E-state index in [-0.39, 0.29) is 5.41 Å². The lowest BCUT2D eigenvalue weighted by atomic mass is 9.86. The lowest BCUT2D eigenvalue weighted by Crippen LogP contribution is -2.32.